The van der Waals surface area contributed by atoms with Crippen molar-refractivity contribution >= 4 is 35.1 Å². The smallest absolute Gasteiger partial charge is 0.321 e. The number of hydrogen-bond acceptors (Lipinski definition) is 2. The molecule has 1 rings (SSSR count). The molecule has 1 aromatic rings. The van der Waals surface area contributed by atoms with Crippen molar-refractivity contribution in [1.29, 1.82) is 0 Å². The molecule has 0 aliphatic heterocycles. The summed E-state index contributed by atoms with van der Waals surface area (Å²) in [4.78, 5) is 24.0. The van der Waals surface area contributed by atoms with Gasteiger partial charge in [-0.25, -0.2) is 4.79 Å². The van der Waals surface area contributed by atoms with E-state index >= 15 is 0 Å². The summed E-state index contributed by atoms with van der Waals surface area (Å²) in [5, 5.41) is 5.86. The van der Waals surface area contributed by atoms with Crippen LogP contribution in [0, 0.1) is 0 Å². The second-order valence-corrected chi connectivity index (χ2v) is 5.99. The Bertz CT molecular complexity index is 521. The Morgan fingerprint density at radius 3 is 2.57 bits per heavy atom. The maximum Gasteiger partial charge on any atom is 0.321 e. The van der Waals surface area contributed by atoms with Crippen molar-refractivity contribution < 1.29 is 14.5 Å². The number of amides is 3. The van der Waals surface area contributed by atoms with Crippen molar-refractivity contribution in [3.8, 4) is 0 Å². The first-order chi connectivity index (χ1) is 9.79. The molecule has 21 heavy (non-hydrogen) atoms. The molecule has 1 aromatic carbocycles. The summed E-state index contributed by atoms with van der Waals surface area (Å²) >= 11 is 12.1. The van der Waals surface area contributed by atoms with Gasteiger partial charge in [0.15, 0.2) is 6.54 Å². The molecular formula is C14H20Cl2N3O2+. The summed E-state index contributed by atoms with van der Waals surface area (Å²) < 4.78 is 0. The summed E-state index contributed by atoms with van der Waals surface area (Å²) in [6.45, 7) is 4.35. The van der Waals surface area contributed by atoms with E-state index in [9.17, 15) is 9.59 Å². The van der Waals surface area contributed by atoms with Crippen LogP contribution < -0.4 is 15.5 Å². The molecule has 3 amide bonds. The third-order valence-electron chi connectivity index (χ3n) is 2.66. The van der Waals surface area contributed by atoms with E-state index in [1.54, 1.807) is 6.07 Å². The zero-order chi connectivity index (χ0) is 16.0. The largest absolute Gasteiger partial charge is 0.336 e. The SMILES string of the molecule is CC(C)NC(=O)NC(=O)C[NH+](C)Cc1cccc(Cl)c1Cl. The van der Waals surface area contributed by atoms with Gasteiger partial charge < -0.3 is 10.2 Å². The van der Waals surface area contributed by atoms with Crippen LogP contribution in [0.5, 0.6) is 0 Å². The Balaban J connectivity index is 2.50. The fourth-order valence-corrected chi connectivity index (χ4v) is 2.20. The summed E-state index contributed by atoms with van der Waals surface area (Å²) in [6, 6.07) is 4.89. The first-order valence-corrected chi connectivity index (χ1v) is 7.39. The summed E-state index contributed by atoms with van der Waals surface area (Å²) in [6.07, 6.45) is 0. The van der Waals surface area contributed by atoms with Crippen molar-refractivity contribution in [3.05, 3.63) is 33.8 Å². The van der Waals surface area contributed by atoms with E-state index in [0.29, 0.717) is 16.6 Å². The molecule has 0 aromatic heterocycles. The van der Waals surface area contributed by atoms with Crippen LogP contribution in [0.1, 0.15) is 19.4 Å². The average Bonchev–Trinajstić information content (AvgIpc) is 2.33. The number of urea groups is 1. The molecule has 116 valence electrons. The number of carbonyl (C=O) groups is 2. The molecule has 0 spiro atoms. The Morgan fingerprint density at radius 2 is 1.95 bits per heavy atom. The topological polar surface area (TPSA) is 62.6 Å². The van der Waals surface area contributed by atoms with Crippen LogP contribution in [0.25, 0.3) is 0 Å². The molecule has 0 fully saturated rings. The predicted molar refractivity (Wildman–Crippen MR) is 83.7 cm³/mol. The molecule has 0 bridgehead atoms. The summed E-state index contributed by atoms with van der Waals surface area (Å²) in [7, 11) is 1.84. The van der Waals surface area contributed by atoms with Gasteiger partial charge >= 0.3 is 6.03 Å². The molecule has 0 radical (unpaired) electrons. The molecular weight excluding hydrogens is 313 g/mol. The standard InChI is InChI=1S/C14H19Cl2N3O2/c1-9(2)17-14(21)18-12(20)8-19(3)7-10-5-4-6-11(15)13(10)16/h4-6,9H,7-8H2,1-3H3,(H2,17,18,20,21)/p+1. The quantitative estimate of drug-likeness (QED) is 0.759. The minimum atomic E-state index is -0.483. The summed E-state index contributed by atoms with van der Waals surface area (Å²) in [5.74, 6) is -0.344. The number of nitrogens with one attached hydrogen (secondary N) is 3. The highest BCUT2D eigenvalue weighted by atomic mass is 35.5. The number of rotatable bonds is 5. The average molecular weight is 333 g/mol. The summed E-state index contributed by atoms with van der Waals surface area (Å²) in [5.41, 5.74) is 0.862. The maximum absolute atomic E-state index is 11.7. The minimum Gasteiger partial charge on any atom is -0.336 e. The van der Waals surface area contributed by atoms with E-state index in [1.807, 2.05) is 33.0 Å². The first-order valence-electron chi connectivity index (χ1n) is 6.64. The van der Waals surface area contributed by atoms with Gasteiger partial charge in [0.2, 0.25) is 0 Å². The molecule has 7 heteroatoms. The van der Waals surface area contributed by atoms with Crippen molar-refractivity contribution in [2.24, 2.45) is 0 Å². The lowest BCUT2D eigenvalue weighted by molar-refractivity contribution is -0.885. The minimum absolute atomic E-state index is 0.0202. The number of halogens is 2. The van der Waals surface area contributed by atoms with Crippen LogP contribution in [-0.2, 0) is 11.3 Å². The van der Waals surface area contributed by atoms with E-state index in [4.69, 9.17) is 23.2 Å². The zero-order valence-electron chi connectivity index (χ0n) is 12.3. The molecule has 0 aliphatic rings. The predicted octanol–water partition coefficient (Wildman–Crippen LogP) is 1.24. The molecule has 0 aliphatic carbocycles. The van der Waals surface area contributed by atoms with E-state index < -0.39 is 6.03 Å². The lowest BCUT2D eigenvalue weighted by atomic mass is 10.2. The van der Waals surface area contributed by atoms with E-state index in [0.717, 1.165) is 10.5 Å². The highest BCUT2D eigenvalue weighted by Gasteiger charge is 2.15. The highest BCUT2D eigenvalue weighted by molar-refractivity contribution is 6.42. The lowest BCUT2D eigenvalue weighted by Crippen LogP contribution is -3.09. The Labute approximate surface area is 134 Å². The molecule has 0 saturated heterocycles. The van der Waals surface area contributed by atoms with Gasteiger partial charge in [-0.3, -0.25) is 10.1 Å². The molecule has 0 saturated carbocycles. The first kappa shape index (κ1) is 17.8. The van der Waals surface area contributed by atoms with Gasteiger partial charge in [0.1, 0.15) is 6.54 Å². The van der Waals surface area contributed by atoms with Crippen LogP contribution >= 0.6 is 23.2 Å². The van der Waals surface area contributed by atoms with Gasteiger partial charge in [0, 0.05) is 11.6 Å². The second-order valence-electron chi connectivity index (χ2n) is 5.20. The van der Waals surface area contributed by atoms with Crippen LogP contribution in [0.2, 0.25) is 10.0 Å². The van der Waals surface area contributed by atoms with Gasteiger partial charge in [0.25, 0.3) is 5.91 Å². The fraction of sp³-hybridized carbons (Fsp3) is 0.429. The number of hydrogen-bond donors (Lipinski definition) is 3. The van der Waals surface area contributed by atoms with Gasteiger partial charge in [-0.2, -0.15) is 0 Å². The van der Waals surface area contributed by atoms with E-state index in [1.165, 1.54) is 0 Å². The Hall–Kier alpha value is -1.30. The molecule has 1 atom stereocenters. The Kier molecular flexibility index (Phi) is 6.95. The van der Waals surface area contributed by atoms with Gasteiger partial charge in [-0.1, -0.05) is 35.3 Å². The number of imide groups is 1. The third kappa shape index (κ3) is 6.33. The van der Waals surface area contributed by atoms with Gasteiger partial charge in [-0.15, -0.1) is 0 Å². The van der Waals surface area contributed by atoms with Crippen molar-refractivity contribution in [3.63, 3.8) is 0 Å². The van der Waals surface area contributed by atoms with Crippen LogP contribution in [0.4, 0.5) is 4.79 Å². The zero-order valence-corrected chi connectivity index (χ0v) is 13.8. The highest BCUT2D eigenvalue weighted by Crippen LogP contribution is 2.24. The molecule has 0 heterocycles. The number of likely N-dealkylation sites (N-methyl/N-ethyl adjacent to an activating group) is 1. The van der Waals surface area contributed by atoms with Crippen LogP contribution in [0.15, 0.2) is 18.2 Å². The third-order valence-corrected chi connectivity index (χ3v) is 3.52. The van der Waals surface area contributed by atoms with E-state index in [2.05, 4.69) is 10.6 Å². The Morgan fingerprint density at radius 1 is 1.29 bits per heavy atom. The van der Waals surface area contributed by atoms with Crippen LogP contribution in [-0.4, -0.2) is 31.6 Å². The number of benzene rings is 1. The van der Waals surface area contributed by atoms with Crippen LogP contribution in [0.3, 0.4) is 0 Å². The monoisotopic (exact) mass is 332 g/mol. The van der Waals surface area contributed by atoms with Crippen molar-refractivity contribution in [2.75, 3.05) is 13.6 Å². The fourth-order valence-electron chi connectivity index (χ4n) is 1.82. The molecule has 3 N–H and O–H groups in total. The second kappa shape index (κ2) is 8.22. The van der Waals surface area contributed by atoms with Crippen molar-refractivity contribution in [1.82, 2.24) is 10.6 Å². The number of carbonyl (C=O) groups excluding carboxylic acids is 2. The van der Waals surface area contributed by atoms with Gasteiger partial charge in [0.05, 0.1) is 17.1 Å². The molecule has 1 unspecified atom stereocenters. The van der Waals surface area contributed by atoms with Crippen molar-refractivity contribution in [2.45, 2.75) is 26.4 Å². The lowest BCUT2D eigenvalue weighted by Gasteiger charge is -2.15. The van der Waals surface area contributed by atoms with Gasteiger partial charge in [-0.05, 0) is 19.9 Å². The number of quaternary nitrogens is 1. The van der Waals surface area contributed by atoms with E-state index in [-0.39, 0.29) is 18.5 Å². The molecule has 5 nitrogen and oxygen atoms in total. The maximum atomic E-state index is 11.7. The normalized spacial score (nSPS) is 12.1.